The molecule has 0 spiro atoms. The SMILES string of the molecule is CC(C)(C)OC(=O)NCc1ccc(F)c(C(F)F)c1. The van der Waals surface area contributed by atoms with E-state index in [1.54, 1.807) is 20.8 Å². The number of ether oxygens (including phenoxy) is 1. The highest BCUT2D eigenvalue weighted by molar-refractivity contribution is 5.67. The van der Waals surface area contributed by atoms with Crippen LogP contribution in [0.5, 0.6) is 0 Å². The van der Waals surface area contributed by atoms with Crippen molar-refractivity contribution in [3.05, 3.63) is 35.1 Å². The molecular weight excluding hydrogens is 259 g/mol. The molecule has 0 aliphatic carbocycles. The number of alkyl halides is 2. The lowest BCUT2D eigenvalue weighted by Gasteiger charge is -2.19. The van der Waals surface area contributed by atoms with E-state index in [9.17, 15) is 18.0 Å². The van der Waals surface area contributed by atoms with Gasteiger partial charge in [-0.3, -0.25) is 0 Å². The topological polar surface area (TPSA) is 38.3 Å². The van der Waals surface area contributed by atoms with Crippen molar-refractivity contribution < 1.29 is 22.7 Å². The Kier molecular flexibility index (Phi) is 4.80. The number of amides is 1. The van der Waals surface area contributed by atoms with E-state index in [0.29, 0.717) is 5.56 Å². The first-order valence-corrected chi connectivity index (χ1v) is 5.72. The van der Waals surface area contributed by atoms with Gasteiger partial charge in [0.15, 0.2) is 0 Å². The summed E-state index contributed by atoms with van der Waals surface area (Å²) >= 11 is 0. The van der Waals surface area contributed by atoms with Gasteiger partial charge in [-0.2, -0.15) is 0 Å². The first kappa shape index (κ1) is 15.3. The Morgan fingerprint density at radius 1 is 1.37 bits per heavy atom. The summed E-state index contributed by atoms with van der Waals surface area (Å²) < 4.78 is 43.0. The van der Waals surface area contributed by atoms with Gasteiger partial charge in [-0.25, -0.2) is 18.0 Å². The summed E-state index contributed by atoms with van der Waals surface area (Å²) in [6.45, 7) is 5.12. The average molecular weight is 275 g/mol. The maximum Gasteiger partial charge on any atom is 0.407 e. The number of hydrogen-bond acceptors (Lipinski definition) is 2. The molecule has 19 heavy (non-hydrogen) atoms. The van der Waals surface area contributed by atoms with Gasteiger partial charge in [0.2, 0.25) is 0 Å². The molecule has 0 aromatic heterocycles. The second-order valence-corrected chi connectivity index (χ2v) is 5.01. The van der Waals surface area contributed by atoms with Crippen molar-refractivity contribution in [3.63, 3.8) is 0 Å². The Morgan fingerprint density at radius 2 is 2.00 bits per heavy atom. The van der Waals surface area contributed by atoms with Crippen LogP contribution < -0.4 is 5.32 Å². The van der Waals surface area contributed by atoms with Gasteiger partial charge in [0.25, 0.3) is 6.43 Å². The molecule has 0 fully saturated rings. The van der Waals surface area contributed by atoms with Gasteiger partial charge in [-0.1, -0.05) is 6.07 Å². The molecule has 106 valence electrons. The van der Waals surface area contributed by atoms with Crippen LogP contribution in [-0.4, -0.2) is 11.7 Å². The second-order valence-electron chi connectivity index (χ2n) is 5.01. The highest BCUT2D eigenvalue weighted by Crippen LogP contribution is 2.23. The molecule has 1 rings (SSSR count). The summed E-state index contributed by atoms with van der Waals surface area (Å²) in [5.74, 6) is -0.962. The van der Waals surface area contributed by atoms with Crippen LogP contribution in [0.25, 0.3) is 0 Å². The number of nitrogens with one attached hydrogen (secondary N) is 1. The van der Waals surface area contributed by atoms with E-state index in [4.69, 9.17) is 4.74 Å². The summed E-state index contributed by atoms with van der Waals surface area (Å²) in [4.78, 5) is 11.4. The van der Waals surface area contributed by atoms with Crippen molar-refractivity contribution >= 4 is 6.09 Å². The third-order valence-electron chi connectivity index (χ3n) is 2.13. The molecule has 1 aromatic carbocycles. The lowest BCUT2D eigenvalue weighted by atomic mass is 10.1. The summed E-state index contributed by atoms with van der Waals surface area (Å²) in [6, 6.07) is 3.31. The van der Waals surface area contributed by atoms with E-state index in [1.165, 1.54) is 6.07 Å². The molecule has 0 saturated carbocycles. The monoisotopic (exact) mass is 275 g/mol. The fraction of sp³-hybridized carbons (Fsp3) is 0.462. The standard InChI is InChI=1S/C13H16F3NO2/c1-13(2,3)19-12(18)17-7-8-4-5-10(14)9(6-8)11(15)16/h4-6,11H,7H2,1-3H3,(H,17,18). The van der Waals surface area contributed by atoms with Crippen LogP contribution in [0, 0.1) is 5.82 Å². The third kappa shape index (κ3) is 5.19. The number of alkyl carbamates (subject to hydrolysis) is 1. The predicted molar refractivity (Wildman–Crippen MR) is 64.4 cm³/mol. The minimum absolute atomic E-state index is 0.00505. The van der Waals surface area contributed by atoms with E-state index >= 15 is 0 Å². The number of hydrogen-bond donors (Lipinski definition) is 1. The van der Waals surface area contributed by atoms with E-state index in [0.717, 1.165) is 12.1 Å². The fourth-order valence-corrected chi connectivity index (χ4v) is 1.36. The van der Waals surface area contributed by atoms with Crippen molar-refractivity contribution in [1.82, 2.24) is 5.32 Å². The highest BCUT2D eigenvalue weighted by Gasteiger charge is 2.17. The smallest absolute Gasteiger partial charge is 0.407 e. The molecule has 0 atom stereocenters. The van der Waals surface area contributed by atoms with Crippen LogP contribution in [0.15, 0.2) is 18.2 Å². The van der Waals surface area contributed by atoms with Gasteiger partial charge in [-0.15, -0.1) is 0 Å². The van der Waals surface area contributed by atoms with E-state index < -0.39 is 29.5 Å². The van der Waals surface area contributed by atoms with Gasteiger partial charge in [0.1, 0.15) is 11.4 Å². The molecule has 0 bridgehead atoms. The molecule has 1 aromatic rings. The van der Waals surface area contributed by atoms with E-state index in [2.05, 4.69) is 5.32 Å². The highest BCUT2D eigenvalue weighted by atomic mass is 19.3. The van der Waals surface area contributed by atoms with Gasteiger partial charge >= 0.3 is 6.09 Å². The number of carbonyl (C=O) groups is 1. The average Bonchev–Trinajstić information content (AvgIpc) is 2.25. The Labute approximate surface area is 109 Å². The molecule has 1 amide bonds. The quantitative estimate of drug-likeness (QED) is 0.911. The Balaban J connectivity index is 2.64. The number of benzene rings is 1. The molecular formula is C13H16F3NO2. The summed E-state index contributed by atoms with van der Waals surface area (Å²) in [7, 11) is 0. The summed E-state index contributed by atoms with van der Waals surface area (Å²) in [6.07, 6.45) is -3.54. The molecule has 6 heteroatoms. The van der Waals surface area contributed by atoms with Crippen LogP contribution >= 0.6 is 0 Å². The zero-order valence-electron chi connectivity index (χ0n) is 11.0. The Morgan fingerprint density at radius 3 is 2.53 bits per heavy atom. The molecule has 0 radical (unpaired) electrons. The van der Waals surface area contributed by atoms with Crippen molar-refractivity contribution in [2.45, 2.75) is 39.3 Å². The zero-order chi connectivity index (χ0) is 14.6. The maximum absolute atomic E-state index is 13.0. The zero-order valence-corrected chi connectivity index (χ0v) is 11.0. The van der Waals surface area contributed by atoms with Gasteiger partial charge in [0.05, 0.1) is 5.56 Å². The lowest BCUT2D eigenvalue weighted by molar-refractivity contribution is 0.0523. The first-order valence-electron chi connectivity index (χ1n) is 5.72. The van der Waals surface area contributed by atoms with Crippen molar-refractivity contribution in [2.24, 2.45) is 0 Å². The van der Waals surface area contributed by atoms with Crippen LogP contribution in [0.2, 0.25) is 0 Å². The molecule has 0 aliphatic rings. The van der Waals surface area contributed by atoms with Crippen LogP contribution in [-0.2, 0) is 11.3 Å². The van der Waals surface area contributed by atoms with E-state index in [1.807, 2.05) is 0 Å². The molecule has 1 N–H and O–H groups in total. The number of rotatable bonds is 3. The first-order chi connectivity index (χ1) is 8.69. The molecule has 0 saturated heterocycles. The molecule has 0 aliphatic heterocycles. The van der Waals surface area contributed by atoms with Gasteiger partial charge in [-0.05, 0) is 38.5 Å². The second kappa shape index (κ2) is 5.95. The number of carbonyl (C=O) groups excluding carboxylic acids is 1. The Hall–Kier alpha value is -1.72. The van der Waals surface area contributed by atoms with Crippen molar-refractivity contribution in [2.75, 3.05) is 0 Å². The summed E-state index contributed by atoms with van der Waals surface area (Å²) in [5, 5.41) is 2.41. The van der Waals surface area contributed by atoms with Gasteiger partial charge < -0.3 is 10.1 Å². The number of halogens is 3. The predicted octanol–water partition coefficient (Wildman–Crippen LogP) is 3.79. The van der Waals surface area contributed by atoms with E-state index in [-0.39, 0.29) is 6.54 Å². The van der Waals surface area contributed by atoms with Crippen LogP contribution in [0.4, 0.5) is 18.0 Å². The maximum atomic E-state index is 13.0. The van der Waals surface area contributed by atoms with Crippen molar-refractivity contribution in [3.8, 4) is 0 Å². The fourth-order valence-electron chi connectivity index (χ4n) is 1.36. The van der Waals surface area contributed by atoms with Crippen molar-refractivity contribution in [1.29, 1.82) is 0 Å². The summed E-state index contributed by atoms with van der Waals surface area (Å²) in [5.41, 5.74) is -0.938. The Bertz CT molecular complexity index is 456. The normalized spacial score (nSPS) is 11.5. The molecule has 3 nitrogen and oxygen atoms in total. The lowest BCUT2D eigenvalue weighted by Crippen LogP contribution is -2.32. The third-order valence-corrected chi connectivity index (χ3v) is 2.13. The molecule has 0 unspecified atom stereocenters. The minimum Gasteiger partial charge on any atom is -0.444 e. The minimum atomic E-state index is -2.89. The van der Waals surface area contributed by atoms with Crippen LogP contribution in [0.3, 0.4) is 0 Å². The molecule has 0 heterocycles. The van der Waals surface area contributed by atoms with Crippen LogP contribution in [0.1, 0.15) is 38.3 Å². The largest absolute Gasteiger partial charge is 0.444 e. The van der Waals surface area contributed by atoms with Gasteiger partial charge in [0, 0.05) is 6.54 Å².